The monoisotopic (exact) mass is 340 g/mol. The number of amides is 1. The van der Waals surface area contributed by atoms with E-state index in [4.69, 9.17) is 12.2 Å². The highest BCUT2D eigenvalue weighted by Crippen LogP contribution is 2.29. The molecule has 122 valence electrons. The molecule has 0 fully saturated rings. The fourth-order valence-electron chi connectivity index (χ4n) is 2.77. The van der Waals surface area contributed by atoms with Crippen molar-refractivity contribution in [2.24, 2.45) is 4.99 Å². The number of hydrogen-bond donors (Lipinski definition) is 0. The first-order valence-electron chi connectivity index (χ1n) is 7.61. The number of benzene rings is 2. The van der Waals surface area contributed by atoms with Gasteiger partial charge in [0.15, 0.2) is 0 Å². The summed E-state index contributed by atoms with van der Waals surface area (Å²) in [6, 6.07) is 13.3. The normalized spacial score (nSPS) is 16.2. The van der Waals surface area contributed by atoms with Crippen molar-refractivity contribution in [3.63, 3.8) is 0 Å². The molecule has 1 aliphatic heterocycles. The van der Waals surface area contributed by atoms with E-state index >= 15 is 0 Å². The molecule has 1 amide bonds. The zero-order valence-electron chi connectivity index (χ0n) is 13.7. The Balaban J connectivity index is 1.98. The topological polar surface area (TPSA) is 32.7 Å². The van der Waals surface area contributed by atoms with Gasteiger partial charge >= 0.3 is 0 Å². The summed E-state index contributed by atoms with van der Waals surface area (Å²) >= 11 is 5.52. The van der Waals surface area contributed by atoms with Crippen molar-refractivity contribution in [2.45, 2.75) is 26.4 Å². The van der Waals surface area contributed by atoms with Crippen LogP contribution in [0, 0.1) is 12.7 Å². The number of hydrogen-bond acceptors (Lipinski definition) is 3. The zero-order chi connectivity index (χ0) is 17.5. The van der Waals surface area contributed by atoms with Gasteiger partial charge in [0.1, 0.15) is 22.2 Å². The summed E-state index contributed by atoms with van der Waals surface area (Å²) in [6.07, 6.45) is 0. The average molecular weight is 340 g/mol. The van der Waals surface area contributed by atoms with Crippen LogP contribution >= 0.6 is 12.2 Å². The quantitative estimate of drug-likeness (QED) is 0.770. The number of carbonyl (C=O) groups excluding carboxylic acids is 1. The fraction of sp³-hybridized carbons (Fsp3) is 0.211. The predicted molar refractivity (Wildman–Crippen MR) is 97.0 cm³/mol. The average Bonchev–Trinajstić information content (AvgIpc) is 2.77. The second kappa shape index (κ2) is 5.91. The largest absolute Gasteiger partial charge is 0.272 e. The van der Waals surface area contributed by atoms with Gasteiger partial charge in [-0.25, -0.2) is 4.39 Å². The molecule has 0 atom stereocenters. The summed E-state index contributed by atoms with van der Waals surface area (Å²) in [7, 11) is 0. The van der Waals surface area contributed by atoms with Crippen LogP contribution < -0.4 is 0 Å². The van der Waals surface area contributed by atoms with Gasteiger partial charge in [-0.05, 0) is 57.2 Å². The van der Waals surface area contributed by atoms with E-state index in [0.717, 1.165) is 5.56 Å². The molecular weight excluding hydrogens is 323 g/mol. The van der Waals surface area contributed by atoms with E-state index in [0.29, 0.717) is 21.8 Å². The number of nitrogens with zero attached hydrogens (tertiary/aromatic N) is 2. The van der Waals surface area contributed by atoms with Gasteiger partial charge in [0, 0.05) is 11.1 Å². The van der Waals surface area contributed by atoms with Gasteiger partial charge in [-0.1, -0.05) is 29.9 Å². The Morgan fingerprint density at radius 2 is 1.83 bits per heavy atom. The highest BCUT2D eigenvalue weighted by atomic mass is 32.1. The summed E-state index contributed by atoms with van der Waals surface area (Å²) in [5.41, 5.74) is 2.02. The van der Waals surface area contributed by atoms with Crippen LogP contribution in [0.4, 0.5) is 4.39 Å². The molecule has 1 aliphatic rings. The van der Waals surface area contributed by atoms with Gasteiger partial charge in [-0.2, -0.15) is 0 Å². The molecule has 5 heteroatoms. The smallest absolute Gasteiger partial charge is 0.260 e. The molecule has 24 heavy (non-hydrogen) atoms. The van der Waals surface area contributed by atoms with E-state index in [9.17, 15) is 9.18 Å². The van der Waals surface area contributed by atoms with Crippen LogP contribution in [0.25, 0.3) is 0 Å². The van der Waals surface area contributed by atoms with Gasteiger partial charge in [-0.15, -0.1) is 0 Å². The number of aliphatic imine (C=N–C) groups is 1. The Bertz CT molecular complexity index is 856. The molecule has 2 aromatic rings. The Morgan fingerprint density at radius 3 is 2.46 bits per heavy atom. The molecule has 2 aromatic carbocycles. The summed E-state index contributed by atoms with van der Waals surface area (Å²) in [6.45, 7) is 5.61. The maximum absolute atomic E-state index is 13.1. The maximum Gasteiger partial charge on any atom is 0.260 e. The van der Waals surface area contributed by atoms with Crippen LogP contribution in [0.3, 0.4) is 0 Å². The fourth-order valence-corrected chi connectivity index (χ4v) is 3.24. The summed E-state index contributed by atoms with van der Waals surface area (Å²) < 4.78 is 13.1. The number of carbonyl (C=O) groups is 1. The number of rotatable bonds is 2. The lowest BCUT2D eigenvalue weighted by Crippen LogP contribution is -2.46. The first-order chi connectivity index (χ1) is 11.3. The van der Waals surface area contributed by atoms with Crippen LogP contribution in [0.15, 0.2) is 53.5 Å². The van der Waals surface area contributed by atoms with Crippen LogP contribution in [0.2, 0.25) is 0 Å². The second-order valence-electron chi connectivity index (χ2n) is 6.28. The summed E-state index contributed by atoms with van der Waals surface area (Å²) in [5, 5.41) is 0. The Kier molecular flexibility index (Phi) is 4.05. The first-order valence-corrected chi connectivity index (χ1v) is 8.02. The third kappa shape index (κ3) is 2.87. The molecule has 0 spiro atoms. The Hall–Kier alpha value is -2.40. The van der Waals surface area contributed by atoms with Crippen LogP contribution in [0.5, 0.6) is 0 Å². The SMILES string of the molecule is Cc1cccc(C(=O)N2C(=S)C(c3ccc(F)cc3)=NC2(C)C)c1. The lowest BCUT2D eigenvalue weighted by molar-refractivity contribution is 0.0758. The van der Waals surface area contributed by atoms with Crippen molar-refractivity contribution >= 4 is 28.8 Å². The number of aryl methyl sites for hydroxylation is 1. The molecule has 0 saturated carbocycles. The standard InChI is InChI=1S/C19H17FN2OS/c1-12-5-4-6-14(11-12)17(23)22-18(24)16(21-19(22,2)3)13-7-9-15(20)10-8-13/h4-11H,1-3H3. The van der Waals surface area contributed by atoms with E-state index in [1.807, 2.05) is 39.0 Å². The summed E-state index contributed by atoms with van der Waals surface area (Å²) in [5.74, 6) is -0.509. The minimum atomic E-state index is -0.790. The molecule has 0 saturated heterocycles. The Morgan fingerprint density at radius 1 is 1.17 bits per heavy atom. The van der Waals surface area contributed by atoms with Crippen LogP contribution in [-0.4, -0.2) is 27.2 Å². The van der Waals surface area contributed by atoms with E-state index in [-0.39, 0.29) is 11.7 Å². The van der Waals surface area contributed by atoms with Gasteiger partial charge in [0.05, 0.1) is 0 Å². The molecule has 0 unspecified atom stereocenters. The number of thiocarbonyl (C=S) groups is 1. The van der Waals surface area contributed by atoms with Gasteiger partial charge < -0.3 is 0 Å². The predicted octanol–water partition coefficient (Wildman–Crippen LogP) is 4.14. The zero-order valence-corrected chi connectivity index (χ0v) is 14.5. The molecule has 0 N–H and O–H groups in total. The highest BCUT2D eigenvalue weighted by Gasteiger charge is 2.42. The van der Waals surface area contributed by atoms with Gasteiger partial charge in [0.25, 0.3) is 5.91 Å². The molecule has 3 nitrogen and oxygen atoms in total. The first kappa shape index (κ1) is 16.5. The van der Waals surface area contributed by atoms with Crippen LogP contribution in [-0.2, 0) is 0 Å². The molecule has 0 radical (unpaired) electrons. The van der Waals surface area contributed by atoms with E-state index in [2.05, 4.69) is 4.99 Å². The molecular formula is C19H17FN2OS. The molecule has 3 rings (SSSR count). The van der Waals surface area contributed by atoms with E-state index in [1.165, 1.54) is 17.0 Å². The van der Waals surface area contributed by atoms with Crippen molar-refractivity contribution in [1.29, 1.82) is 0 Å². The van der Waals surface area contributed by atoms with Crippen molar-refractivity contribution in [3.05, 3.63) is 71.0 Å². The lowest BCUT2D eigenvalue weighted by atomic mass is 10.1. The minimum absolute atomic E-state index is 0.186. The third-order valence-electron chi connectivity index (χ3n) is 3.92. The van der Waals surface area contributed by atoms with Crippen molar-refractivity contribution < 1.29 is 9.18 Å². The molecule has 0 aliphatic carbocycles. The third-order valence-corrected chi connectivity index (χ3v) is 4.30. The van der Waals surface area contributed by atoms with Crippen LogP contribution in [0.1, 0.15) is 35.3 Å². The lowest BCUT2D eigenvalue weighted by Gasteiger charge is -2.29. The number of halogens is 1. The van der Waals surface area contributed by atoms with E-state index < -0.39 is 5.66 Å². The van der Waals surface area contributed by atoms with Gasteiger partial charge in [0.2, 0.25) is 0 Å². The van der Waals surface area contributed by atoms with Gasteiger partial charge in [-0.3, -0.25) is 14.7 Å². The van der Waals surface area contributed by atoms with Crippen molar-refractivity contribution in [3.8, 4) is 0 Å². The molecule has 1 heterocycles. The minimum Gasteiger partial charge on any atom is -0.272 e. The van der Waals surface area contributed by atoms with Crippen molar-refractivity contribution in [2.75, 3.05) is 0 Å². The van der Waals surface area contributed by atoms with Crippen molar-refractivity contribution in [1.82, 2.24) is 4.90 Å². The summed E-state index contributed by atoms with van der Waals surface area (Å²) in [4.78, 5) is 19.5. The Labute approximate surface area is 145 Å². The second-order valence-corrected chi connectivity index (χ2v) is 6.66. The molecule has 0 aromatic heterocycles. The van der Waals surface area contributed by atoms with E-state index in [1.54, 1.807) is 18.2 Å². The maximum atomic E-state index is 13.1. The highest BCUT2D eigenvalue weighted by molar-refractivity contribution is 7.82. The molecule has 0 bridgehead atoms.